The van der Waals surface area contributed by atoms with Gasteiger partial charge in [-0.05, 0) is 16.5 Å². The van der Waals surface area contributed by atoms with E-state index in [-0.39, 0.29) is 10.6 Å². The summed E-state index contributed by atoms with van der Waals surface area (Å²) >= 11 is 7.70. The number of hydrogen-bond donors (Lipinski definition) is 1. The zero-order valence-electron chi connectivity index (χ0n) is 15.7. The van der Waals surface area contributed by atoms with Gasteiger partial charge in [-0.2, -0.15) is 5.26 Å². The third-order valence-corrected chi connectivity index (χ3v) is 5.12. The second kappa shape index (κ2) is 8.57. The van der Waals surface area contributed by atoms with Crippen LogP contribution in [0.3, 0.4) is 0 Å². The summed E-state index contributed by atoms with van der Waals surface area (Å²) in [5.41, 5.74) is 4.31. The lowest BCUT2D eigenvalue weighted by Gasteiger charge is -2.19. The fourth-order valence-corrected chi connectivity index (χ4v) is 3.62. The Morgan fingerprint density at radius 3 is 2.42 bits per heavy atom. The van der Waals surface area contributed by atoms with E-state index in [0.29, 0.717) is 11.1 Å². The van der Waals surface area contributed by atoms with Crippen LogP contribution in [-0.4, -0.2) is 15.0 Å². The maximum atomic E-state index is 9.19. The number of thioether (sulfide) groups is 1. The number of rotatable bonds is 3. The van der Waals surface area contributed by atoms with E-state index in [9.17, 15) is 5.26 Å². The van der Waals surface area contributed by atoms with Gasteiger partial charge < -0.3 is 4.98 Å². The summed E-state index contributed by atoms with van der Waals surface area (Å²) in [6.07, 6.45) is 1.56. The van der Waals surface area contributed by atoms with E-state index < -0.39 is 0 Å². The van der Waals surface area contributed by atoms with Crippen LogP contribution in [0.2, 0.25) is 5.15 Å². The average molecular weight is 387 g/mol. The van der Waals surface area contributed by atoms with Crippen LogP contribution >= 0.6 is 23.4 Å². The van der Waals surface area contributed by atoms with Crippen LogP contribution in [0.1, 0.15) is 51.3 Å². The molecule has 0 saturated heterocycles. The number of H-pyrrole nitrogens is 1. The molecule has 0 aliphatic rings. The van der Waals surface area contributed by atoms with Crippen molar-refractivity contribution in [2.75, 3.05) is 0 Å². The first-order chi connectivity index (χ1) is 12.4. The molecular formula is C20H23ClN4S. The summed E-state index contributed by atoms with van der Waals surface area (Å²) in [5.74, 6) is 0.772. The van der Waals surface area contributed by atoms with Crippen molar-refractivity contribution in [1.82, 2.24) is 15.0 Å². The molecule has 0 spiro atoms. The molecule has 0 amide bonds. The number of fused-ring (bicyclic) bond motifs is 1. The molecule has 3 aromatic rings. The lowest BCUT2D eigenvalue weighted by molar-refractivity contribution is 0.590. The number of nitriles is 1. The Hall–Kier alpha value is -2.03. The van der Waals surface area contributed by atoms with Crippen molar-refractivity contribution in [3.05, 3.63) is 52.4 Å². The van der Waals surface area contributed by atoms with Crippen LogP contribution in [0.15, 0.2) is 35.6 Å². The minimum atomic E-state index is 0.149. The van der Waals surface area contributed by atoms with Crippen LogP contribution in [0, 0.1) is 11.3 Å². The van der Waals surface area contributed by atoms with E-state index in [1.165, 1.54) is 11.1 Å². The molecule has 1 aromatic carbocycles. The van der Waals surface area contributed by atoms with Crippen molar-refractivity contribution in [2.45, 2.75) is 50.8 Å². The van der Waals surface area contributed by atoms with Gasteiger partial charge in [-0.1, -0.05) is 82.2 Å². The molecule has 2 heterocycles. The molecule has 0 atom stereocenters. The predicted octanol–water partition coefficient (Wildman–Crippen LogP) is 6.10. The lowest BCUT2D eigenvalue weighted by atomic mass is 9.87. The topological polar surface area (TPSA) is 65.4 Å². The standard InChI is InChI=1S/C18H17ClN4S.C2H6/c1-18(2,3)12-6-4-11(5-7-12)9-24-17-15-14(21-10-22-15)13(8-20)16(19)23-17;1-2/h4-7,10H,9H2,1-3H3,(H,21,22);1-2H3. The molecule has 6 heteroatoms. The van der Waals surface area contributed by atoms with Gasteiger partial charge in [0.2, 0.25) is 0 Å². The number of aromatic nitrogens is 3. The maximum absolute atomic E-state index is 9.19. The van der Waals surface area contributed by atoms with Crippen LogP contribution in [0.25, 0.3) is 11.0 Å². The Bertz CT molecular complexity index is 918. The van der Waals surface area contributed by atoms with Gasteiger partial charge in [0.05, 0.1) is 11.8 Å². The molecule has 3 rings (SSSR count). The lowest BCUT2D eigenvalue weighted by Crippen LogP contribution is -2.10. The average Bonchev–Trinajstić information content (AvgIpc) is 3.11. The van der Waals surface area contributed by atoms with E-state index in [1.54, 1.807) is 18.1 Å². The normalized spacial score (nSPS) is 11.0. The highest BCUT2D eigenvalue weighted by Gasteiger charge is 2.16. The Morgan fingerprint density at radius 2 is 1.85 bits per heavy atom. The zero-order valence-corrected chi connectivity index (χ0v) is 17.3. The van der Waals surface area contributed by atoms with Crippen molar-refractivity contribution < 1.29 is 0 Å². The molecule has 0 aliphatic heterocycles. The van der Waals surface area contributed by atoms with Gasteiger partial charge in [-0.15, -0.1) is 0 Å². The second-order valence-corrected chi connectivity index (χ2v) is 7.88. The summed E-state index contributed by atoms with van der Waals surface area (Å²) in [6.45, 7) is 10.6. The molecule has 0 aliphatic carbocycles. The summed E-state index contributed by atoms with van der Waals surface area (Å²) in [7, 11) is 0. The molecule has 1 N–H and O–H groups in total. The van der Waals surface area contributed by atoms with Gasteiger partial charge in [-0.25, -0.2) is 9.97 Å². The molecule has 0 fully saturated rings. The number of hydrogen-bond acceptors (Lipinski definition) is 4. The summed E-state index contributed by atoms with van der Waals surface area (Å²) in [6, 6.07) is 10.7. The first kappa shape index (κ1) is 20.3. The first-order valence-corrected chi connectivity index (χ1v) is 9.91. The number of nitrogens with one attached hydrogen (secondary N) is 1. The predicted molar refractivity (Wildman–Crippen MR) is 110 cm³/mol. The van der Waals surface area contributed by atoms with Crippen molar-refractivity contribution in [3.8, 4) is 6.07 Å². The number of imidazole rings is 1. The molecule has 2 aromatic heterocycles. The van der Waals surface area contributed by atoms with Gasteiger partial charge in [0.15, 0.2) is 0 Å². The first-order valence-electron chi connectivity index (χ1n) is 8.55. The van der Waals surface area contributed by atoms with Crippen LogP contribution < -0.4 is 0 Å². The Kier molecular flexibility index (Phi) is 6.69. The smallest absolute Gasteiger partial charge is 0.150 e. The highest BCUT2D eigenvalue weighted by molar-refractivity contribution is 7.98. The van der Waals surface area contributed by atoms with Crippen molar-refractivity contribution in [1.29, 1.82) is 5.26 Å². The number of halogens is 1. The van der Waals surface area contributed by atoms with E-state index >= 15 is 0 Å². The summed E-state index contributed by atoms with van der Waals surface area (Å²) < 4.78 is 0. The molecule has 26 heavy (non-hydrogen) atoms. The SMILES string of the molecule is CC.CC(C)(C)c1ccc(CSc2nc(Cl)c(C#N)c3nc[nH]c23)cc1. The maximum Gasteiger partial charge on any atom is 0.150 e. The molecule has 0 unspecified atom stereocenters. The molecule has 0 saturated carbocycles. The van der Waals surface area contributed by atoms with Crippen LogP contribution in [0.4, 0.5) is 0 Å². The van der Waals surface area contributed by atoms with Gasteiger partial charge >= 0.3 is 0 Å². The van der Waals surface area contributed by atoms with Crippen molar-refractivity contribution in [3.63, 3.8) is 0 Å². The minimum Gasteiger partial charge on any atom is -0.342 e. The van der Waals surface area contributed by atoms with Gasteiger partial charge in [0.1, 0.15) is 27.3 Å². The fraction of sp³-hybridized carbons (Fsp3) is 0.350. The van der Waals surface area contributed by atoms with E-state index in [0.717, 1.165) is 16.3 Å². The van der Waals surface area contributed by atoms with Gasteiger partial charge in [0, 0.05) is 5.75 Å². The monoisotopic (exact) mass is 386 g/mol. The largest absolute Gasteiger partial charge is 0.342 e. The van der Waals surface area contributed by atoms with E-state index in [2.05, 4.69) is 66.1 Å². The summed E-state index contributed by atoms with van der Waals surface area (Å²) in [4.78, 5) is 11.6. The quantitative estimate of drug-likeness (QED) is 0.436. The minimum absolute atomic E-state index is 0.149. The molecule has 0 bridgehead atoms. The van der Waals surface area contributed by atoms with Gasteiger partial charge in [0.25, 0.3) is 0 Å². The van der Waals surface area contributed by atoms with Crippen molar-refractivity contribution in [2.24, 2.45) is 0 Å². The molecule has 136 valence electrons. The Balaban J connectivity index is 0.00000117. The van der Waals surface area contributed by atoms with Crippen LogP contribution in [0.5, 0.6) is 0 Å². The van der Waals surface area contributed by atoms with E-state index in [1.807, 2.05) is 13.8 Å². The third kappa shape index (κ3) is 4.38. The fourth-order valence-electron chi connectivity index (χ4n) is 2.40. The number of pyridine rings is 1. The highest BCUT2D eigenvalue weighted by Crippen LogP contribution is 2.32. The van der Waals surface area contributed by atoms with Crippen molar-refractivity contribution >= 4 is 34.4 Å². The number of aromatic amines is 1. The number of nitrogens with zero attached hydrogens (tertiary/aromatic N) is 3. The number of benzene rings is 1. The third-order valence-electron chi connectivity index (χ3n) is 3.80. The van der Waals surface area contributed by atoms with Gasteiger partial charge in [-0.3, -0.25) is 0 Å². The highest BCUT2D eigenvalue weighted by atomic mass is 35.5. The molecular weight excluding hydrogens is 364 g/mol. The Morgan fingerprint density at radius 1 is 1.19 bits per heavy atom. The Labute approximate surface area is 164 Å². The summed E-state index contributed by atoms with van der Waals surface area (Å²) in [5, 5.41) is 10.1. The molecule has 4 nitrogen and oxygen atoms in total. The second-order valence-electron chi connectivity index (χ2n) is 6.56. The zero-order chi connectivity index (χ0) is 19.3. The van der Waals surface area contributed by atoms with E-state index in [4.69, 9.17) is 11.6 Å². The van der Waals surface area contributed by atoms with Crippen LogP contribution in [-0.2, 0) is 11.2 Å². The molecule has 0 radical (unpaired) electrons.